The lowest BCUT2D eigenvalue weighted by Gasteiger charge is -2.06. The van der Waals surface area contributed by atoms with Crippen LogP contribution < -0.4 is 0 Å². The van der Waals surface area contributed by atoms with Crippen molar-refractivity contribution in [1.82, 2.24) is 9.78 Å². The Morgan fingerprint density at radius 3 is 2.73 bits per heavy atom. The summed E-state index contributed by atoms with van der Waals surface area (Å²) in [5, 5.41) is 4.18. The van der Waals surface area contributed by atoms with Crippen molar-refractivity contribution in [3.63, 3.8) is 0 Å². The summed E-state index contributed by atoms with van der Waals surface area (Å²) in [5.74, 6) is 0.0895. The van der Waals surface area contributed by atoms with Crippen LogP contribution in [0.3, 0.4) is 0 Å². The summed E-state index contributed by atoms with van der Waals surface area (Å²) in [4.78, 5) is 11.5. The molecule has 1 rings (SSSR count). The third kappa shape index (κ3) is 3.83. The Balaban J connectivity index is 2.48. The lowest BCUT2D eigenvalue weighted by molar-refractivity contribution is -0.124. The van der Waals surface area contributed by atoms with Gasteiger partial charge in [-0.2, -0.15) is 5.10 Å². The van der Waals surface area contributed by atoms with Gasteiger partial charge in [-0.05, 0) is 26.8 Å². The fourth-order valence-electron chi connectivity index (χ4n) is 1.34. The normalized spacial score (nSPS) is 11.0. The minimum atomic E-state index is 0.0895. The molecule has 0 saturated carbocycles. The fourth-order valence-corrected chi connectivity index (χ4v) is 1.34. The lowest BCUT2D eigenvalue weighted by atomic mass is 10.2. The second kappa shape index (κ2) is 5.07. The van der Waals surface area contributed by atoms with Crippen LogP contribution in [0.5, 0.6) is 0 Å². The zero-order valence-electron chi connectivity index (χ0n) is 9.78. The van der Waals surface area contributed by atoms with Crippen molar-refractivity contribution in [1.29, 1.82) is 0 Å². The quantitative estimate of drug-likeness (QED) is 0.735. The van der Waals surface area contributed by atoms with E-state index in [2.05, 4.69) is 5.10 Å². The zero-order chi connectivity index (χ0) is 11.4. The minimum Gasteiger partial charge on any atom is -0.371 e. The Kier molecular flexibility index (Phi) is 4.03. The molecule has 15 heavy (non-hydrogen) atoms. The third-order valence-corrected chi connectivity index (χ3v) is 2.05. The van der Waals surface area contributed by atoms with Crippen molar-refractivity contribution in [3.8, 4) is 0 Å². The van der Waals surface area contributed by atoms with Crippen molar-refractivity contribution >= 4 is 5.78 Å². The molecule has 1 aromatic rings. The van der Waals surface area contributed by atoms with Crippen molar-refractivity contribution in [2.24, 2.45) is 7.05 Å². The Morgan fingerprint density at radius 2 is 2.27 bits per heavy atom. The van der Waals surface area contributed by atoms with E-state index in [1.807, 2.05) is 33.9 Å². The highest BCUT2D eigenvalue weighted by molar-refractivity contribution is 5.81. The first-order chi connectivity index (χ1) is 6.99. The van der Waals surface area contributed by atoms with Crippen molar-refractivity contribution in [2.45, 2.75) is 33.3 Å². The molecule has 1 heterocycles. The summed E-state index contributed by atoms with van der Waals surface area (Å²) in [5.41, 5.74) is 1.87. The molecule has 0 amide bonds. The number of aryl methyl sites for hydroxylation is 2. The van der Waals surface area contributed by atoms with Gasteiger partial charge in [-0.15, -0.1) is 0 Å². The summed E-state index contributed by atoms with van der Waals surface area (Å²) < 4.78 is 6.98. The first-order valence-corrected chi connectivity index (χ1v) is 5.12. The Bertz CT molecular complexity index is 342. The van der Waals surface area contributed by atoms with Gasteiger partial charge in [0.05, 0.1) is 18.2 Å². The molecule has 0 spiro atoms. The number of ether oxygens (including phenoxy) is 1. The largest absolute Gasteiger partial charge is 0.371 e. The monoisotopic (exact) mass is 210 g/mol. The van der Waals surface area contributed by atoms with Crippen LogP contribution in [-0.4, -0.2) is 28.3 Å². The van der Waals surface area contributed by atoms with Gasteiger partial charge in [-0.25, -0.2) is 0 Å². The van der Waals surface area contributed by atoms with Crippen LogP contribution >= 0.6 is 0 Å². The van der Waals surface area contributed by atoms with Crippen molar-refractivity contribution in [2.75, 3.05) is 6.61 Å². The highest BCUT2D eigenvalue weighted by Crippen LogP contribution is 2.03. The number of carbonyl (C=O) groups excluding carboxylic acids is 1. The Labute approximate surface area is 90.2 Å². The number of hydrogen-bond donors (Lipinski definition) is 0. The molecule has 0 aliphatic carbocycles. The molecule has 0 unspecified atom stereocenters. The molecule has 4 nitrogen and oxygen atoms in total. The maximum absolute atomic E-state index is 11.5. The van der Waals surface area contributed by atoms with Crippen LogP contribution in [0.4, 0.5) is 0 Å². The van der Waals surface area contributed by atoms with Gasteiger partial charge >= 0.3 is 0 Å². The van der Waals surface area contributed by atoms with E-state index in [0.29, 0.717) is 6.42 Å². The highest BCUT2D eigenvalue weighted by atomic mass is 16.5. The smallest absolute Gasteiger partial charge is 0.164 e. The lowest BCUT2D eigenvalue weighted by Crippen LogP contribution is -2.16. The maximum atomic E-state index is 11.5. The van der Waals surface area contributed by atoms with Gasteiger partial charge in [0.2, 0.25) is 0 Å². The third-order valence-electron chi connectivity index (χ3n) is 2.05. The van der Waals surface area contributed by atoms with Crippen LogP contribution in [0.15, 0.2) is 6.07 Å². The molecule has 0 aromatic carbocycles. The molecular weight excluding hydrogens is 192 g/mol. The van der Waals surface area contributed by atoms with E-state index >= 15 is 0 Å². The zero-order valence-corrected chi connectivity index (χ0v) is 9.78. The van der Waals surface area contributed by atoms with E-state index in [-0.39, 0.29) is 18.5 Å². The first-order valence-electron chi connectivity index (χ1n) is 5.12. The van der Waals surface area contributed by atoms with Crippen molar-refractivity contribution in [3.05, 3.63) is 17.5 Å². The average molecular weight is 210 g/mol. The number of carbonyl (C=O) groups is 1. The van der Waals surface area contributed by atoms with E-state index in [1.165, 1.54) is 0 Å². The van der Waals surface area contributed by atoms with Crippen LogP contribution in [0.1, 0.15) is 25.2 Å². The molecule has 0 bridgehead atoms. The number of aromatic nitrogens is 2. The number of rotatable bonds is 5. The van der Waals surface area contributed by atoms with E-state index in [4.69, 9.17) is 4.74 Å². The van der Waals surface area contributed by atoms with Crippen LogP contribution in [0, 0.1) is 6.92 Å². The molecule has 0 aliphatic heterocycles. The van der Waals surface area contributed by atoms with Crippen LogP contribution in [0.25, 0.3) is 0 Å². The molecule has 84 valence electrons. The van der Waals surface area contributed by atoms with Gasteiger partial charge in [0.15, 0.2) is 5.78 Å². The minimum absolute atomic E-state index is 0.0895. The van der Waals surface area contributed by atoms with Gasteiger partial charge < -0.3 is 4.74 Å². The summed E-state index contributed by atoms with van der Waals surface area (Å²) in [6, 6.07) is 1.92. The maximum Gasteiger partial charge on any atom is 0.164 e. The Hall–Kier alpha value is -1.16. The molecule has 0 radical (unpaired) electrons. The number of ketones is 1. The Morgan fingerprint density at radius 1 is 1.60 bits per heavy atom. The summed E-state index contributed by atoms with van der Waals surface area (Å²) in [6.07, 6.45) is 0.492. The predicted octanol–water partition coefficient (Wildman–Crippen LogP) is 1.27. The molecule has 0 saturated heterocycles. The number of hydrogen-bond acceptors (Lipinski definition) is 3. The summed E-state index contributed by atoms with van der Waals surface area (Å²) in [7, 11) is 1.85. The highest BCUT2D eigenvalue weighted by Gasteiger charge is 2.09. The van der Waals surface area contributed by atoms with E-state index in [9.17, 15) is 4.79 Å². The molecule has 4 heteroatoms. The van der Waals surface area contributed by atoms with Gasteiger partial charge in [0.25, 0.3) is 0 Å². The summed E-state index contributed by atoms with van der Waals surface area (Å²) >= 11 is 0. The SMILES string of the molecule is Cc1cc(CC(=O)COC(C)C)n(C)n1. The number of Topliss-reactive ketones (excluding diaryl/α,β-unsaturated/α-hetero) is 1. The molecule has 0 atom stereocenters. The van der Waals surface area contributed by atoms with Gasteiger partial charge in [0.1, 0.15) is 6.61 Å². The first kappa shape index (κ1) is 11.9. The average Bonchev–Trinajstić information content (AvgIpc) is 2.42. The summed E-state index contributed by atoms with van der Waals surface area (Å²) in [6.45, 7) is 5.93. The number of nitrogens with zero attached hydrogens (tertiary/aromatic N) is 2. The molecule has 0 N–H and O–H groups in total. The standard InChI is InChI=1S/C11H18N2O2/c1-8(2)15-7-11(14)6-10-5-9(3)12-13(10)4/h5,8H,6-7H2,1-4H3. The second-order valence-electron chi connectivity index (χ2n) is 3.98. The predicted molar refractivity (Wildman–Crippen MR) is 57.7 cm³/mol. The molecule has 0 fully saturated rings. The fraction of sp³-hybridized carbons (Fsp3) is 0.636. The second-order valence-corrected chi connectivity index (χ2v) is 3.98. The van der Waals surface area contributed by atoms with Gasteiger partial charge in [0, 0.05) is 12.7 Å². The van der Waals surface area contributed by atoms with Gasteiger partial charge in [-0.1, -0.05) is 0 Å². The topological polar surface area (TPSA) is 44.1 Å². The van der Waals surface area contributed by atoms with E-state index in [1.54, 1.807) is 4.68 Å². The van der Waals surface area contributed by atoms with Crippen LogP contribution in [0.2, 0.25) is 0 Å². The van der Waals surface area contributed by atoms with Crippen LogP contribution in [-0.2, 0) is 23.0 Å². The molecule has 1 aromatic heterocycles. The van der Waals surface area contributed by atoms with Gasteiger partial charge in [-0.3, -0.25) is 9.48 Å². The van der Waals surface area contributed by atoms with E-state index < -0.39 is 0 Å². The van der Waals surface area contributed by atoms with E-state index in [0.717, 1.165) is 11.4 Å². The van der Waals surface area contributed by atoms with Crippen molar-refractivity contribution < 1.29 is 9.53 Å². The molecule has 0 aliphatic rings. The molecular formula is C11H18N2O2.